The first kappa shape index (κ1) is 28.8. The lowest BCUT2D eigenvalue weighted by Crippen LogP contribution is -2.41. The number of aliphatic imine (C=N–C) groups is 1. The Kier molecular flexibility index (Phi) is 10.2. The molecule has 6 nitrogen and oxygen atoms in total. The number of anilines is 1. The van der Waals surface area contributed by atoms with Crippen LogP contribution in [0.4, 0.5) is 5.82 Å². The van der Waals surface area contributed by atoms with Crippen molar-refractivity contribution in [3.05, 3.63) is 59.4 Å². The van der Waals surface area contributed by atoms with Crippen molar-refractivity contribution in [1.29, 1.82) is 0 Å². The van der Waals surface area contributed by atoms with Crippen LogP contribution in [-0.4, -0.2) is 36.8 Å². The number of nitrogens with zero attached hydrogens (tertiary/aromatic N) is 3. The summed E-state index contributed by atoms with van der Waals surface area (Å²) in [7, 11) is 1.73. The van der Waals surface area contributed by atoms with Crippen LogP contribution in [0, 0.1) is 18.8 Å². The third kappa shape index (κ3) is 7.49. The first-order chi connectivity index (χ1) is 18.9. The second-order valence-corrected chi connectivity index (χ2v) is 11.6. The van der Waals surface area contributed by atoms with Gasteiger partial charge >= 0.3 is 0 Å². The standard InChI is InChI=1S/C33H46N4O2/c1-23(2)36-21-30(20-34)29-16-17-35-32(19-29)37(33(38)27-8-6-5-7-9-27)22-25-10-12-26(13-11-25)28-14-15-31(39-4)24(3)18-28/h14-21,23,25-27H,5-13,22,34H2,1-4H3/b30-20+,36-21?. The Labute approximate surface area is 234 Å². The lowest BCUT2D eigenvalue weighted by atomic mass is 9.78. The molecule has 1 amide bonds. The minimum atomic E-state index is 0.0924. The Morgan fingerprint density at radius 3 is 2.49 bits per heavy atom. The van der Waals surface area contributed by atoms with Gasteiger partial charge in [0.2, 0.25) is 5.91 Å². The van der Waals surface area contributed by atoms with Gasteiger partial charge in [-0.2, -0.15) is 0 Å². The number of carbonyl (C=O) groups excluding carboxylic acids is 1. The van der Waals surface area contributed by atoms with Gasteiger partial charge < -0.3 is 10.5 Å². The number of methoxy groups -OCH3 is 1. The Balaban J connectivity index is 1.52. The molecule has 2 aromatic rings. The largest absolute Gasteiger partial charge is 0.496 e. The number of hydrogen-bond donors (Lipinski definition) is 1. The smallest absolute Gasteiger partial charge is 0.231 e. The Hall–Kier alpha value is -3.15. The van der Waals surface area contributed by atoms with Crippen LogP contribution in [0.25, 0.3) is 5.57 Å². The highest BCUT2D eigenvalue weighted by Gasteiger charge is 2.31. The topological polar surface area (TPSA) is 80.8 Å². The highest BCUT2D eigenvalue weighted by atomic mass is 16.5. The molecule has 2 fully saturated rings. The maximum atomic E-state index is 13.9. The van der Waals surface area contributed by atoms with Crippen molar-refractivity contribution in [2.24, 2.45) is 22.6 Å². The van der Waals surface area contributed by atoms with Gasteiger partial charge in [-0.3, -0.25) is 14.7 Å². The number of ether oxygens (including phenoxy) is 1. The molecule has 0 bridgehead atoms. The summed E-state index contributed by atoms with van der Waals surface area (Å²) in [5.74, 6) is 3.03. The van der Waals surface area contributed by atoms with Crippen LogP contribution in [0.1, 0.15) is 94.2 Å². The highest BCUT2D eigenvalue weighted by Crippen LogP contribution is 2.38. The second-order valence-electron chi connectivity index (χ2n) is 11.6. The van der Waals surface area contributed by atoms with E-state index < -0.39 is 0 Å². The number of benzene rings is 1. The predicted molar refractivity (Wildman–Crippen MR) is 161 cm³/mol. The number of aryl methyl sites for hydroxylation is 1. The van der Waals surface area contributed by atoms with Crippen molar-refractivity contribution in [3.63, 3.8) is 0 Å². The molecule has 4 rings (SSSR count). The van der Waals surface area contributed by atoms with Crippen molar-refractivity contribution in [3.8, 4) is 5.75 Å². The predicted octanol–water partition coefficient (Wildman–Crippen LogP) is 7.06. The number of hydrogen-bond acceptors (Lipinski definition) is 5. The van der Waals surface area contributed by atoms with Crippen LogP contribution < -0.4 is 15.4 Å². The van der Waals surface area contributed by atoms with Gasteiger partial charge in [-0.1, -0.05) is 31.4 Å². The Morgan fingerprint density at radius 2 is 1.85 bits per heavy atom. The van der Waals surface area contributed by atoms with Gasteiger partial charge in [0, 0.05) is 42.7 Å². The van der Waals surface area contributed by atoms with E-state index >= 15 is 0 Å². The maximum Gasteiger partial charge on any atom is 0.231 e. The minimum absolute atomic E-state index is 0.0924. The van der Waals surface area contributed by atoms with E-state index in [0.29, 0.717) is 11.8 Å². The summed E-state index contributed by atoms with van der Waals surface area (Å²) in [6, 6.07) is 10.7. The van der Waals surface area contributed by atoms with Crippen LogP contribution >= 0.6 is 0 Å². The van der Waals surface area contributed by atoms with E-state index in [0.717, 1.165) is 80.6 Å². The third-order valence-electron chi connectivity index (χ3n) is 8.44. The zero-order chi connectivity index (χ0) is 27.8. The van der Waals surface area contributed by atoms with E-state index in [1.54, 1.807) is 19.5 Å². The fourth-order valence-electron chi connectivity index (χ4n) is 6.15. The molecule has 0 spiro atoms. The van der Waals surface area contributed by atoms with Crippen LogP contribution in [0.2, 0.25) is 0 Å². The number of allylic oxidation sites excluding steroid dienone is 1. The zero-order valence-electron chi connectivity index (χ0n) is 24.2. The van der Waals surface area contributed by atoms with E-state index in [2.05, 4.69) is 30.1 Å². The van der Waals surface area contributed by atoms with E-state index in [4.69, 9.17) is 15.5 Å². The molecule has 2 N–H and O–H groups in total. The van der Waals surface area contributed by atoms with Gasteiger partial charge in [0.15, 0.2) is 0 Å². The van der Waals surface area contributed by atoms with Gasteiger partial charge in [-0.15, -0.1) is 0 Å². The molecule has 0 atom stereocenters. The fraction of sp³-hybridized carbons (Fsp3) is 0.545. The Morgan fingerprint density at radius 1 is 1.10 bits per heavy atom. The summed E-state index contributed by atoms with van der Waals surface area (Å²) in [6.07, 6.45) is 15.2. The maximum absolute atomic E-state index is 13.9. The number of aromatic nitrogens is 1. The number of nitrogens with two attached hydrogens (primary N) is 1. The van der Waals surface area contributed by atoms with Crippen molar-refractivity contribution in [2.45, 2.75) is 90.5 Å². The summed E-state index contributed by atoms with van der Waals surface area (Å²) in [6.45, 7) is 6.92. The molecule has 2 saturated carbocycles. The molecule has 0 aliphatic heterocycles. The van der Waals surface area contributed by atoms with Gasteiger partial charge in [0.25, 0.3) is 0 Å². The summed E-state index contributed by atoms with van der Waals surface area (Å²) in [4.78, 5) is 25.1. The summed E-state index contributed by atoms with van der Waals surface area (Å²) in [5.41, 5.74) is 10.3. The van der Waals surface area contributed by atoms with Gasteiger partial charge in [-0.25, -0.2) is 4.98 Å². The zero-order valence-corrected chi connectivity index (χ0v) is 24.2. The SMILES string of the molecule is COc1ccc(C2CCC(CN(C(=O)C3CCCCC3)c3cc(/C(C=NC(C)C)=C/N)ccn3)CC2)cc1C. The number of carbonyl (C=O) groups is 1. The first-order valence-electron chi connectivity index (χ1n) is 14.8. The van der Waals surface area contributed by atoms with Crippen LogP contribution in [0.3, 0.4) is 0 Å². The number of pyridine rings is 1. The molecular weight excluding hydrogens is 484 g/mol. The van der Waals surface area contributed by atoms with Gasteiger partial charge in [0.05, 0.1) is 7.11 Å². The molecular formula is C33H46N4O2. The molecule has 6 heteroatoms. The summed E-state index contributed by atoms with van der Waals surface area (Å²) in [5, 5.41) is 0. The van der Waals surface area contributed by atoms with Crippen LogP contribution in [-0.2, 0) is 4.79 Å². The first-order valence-corrected chi connectivity index (χ1v) is 14.8. The molecule has 210 valence electrons. The molecule has 0 radical (unpaired) electrons. The van der Waals surface area contributed by atoms with Gasteiger partial charge in [-0.05, 0) is 106 Å². The monoisotopic (exact) mass is 530 g/mol. The lowest BCUT2D eigenvalue weighted by molar-refractivity contribution is -0.123. The molecule has 0 unspecified atom stereocenters. The molecule has 1 heterocycles. The van der Waals surface area contributed by atoms with Crippen molar-refractivity contribution in [2.75, 3.05) is 18.6 Å². The molecule has 0 saturated heterocycles. The molecule has 1 aromatic carbocycles. The second kappa shape index (κ2) is 13.8. The lowest BCUT2D eigenvalue weighted by Gasteiger charge is -2.35. The summed E-state index contributed by atoms with van der Waals surface area (Å²) >= 11 is 0. The quantitative estimate of drug-likeness (QED) is 0.352. The Bertz CT molecular complexity index is 1160. The highest BCUT2D eigenvalue weighted by molar-refractivity contribution is 6.10. The van der Waals surface area contributed by atoms with Crippen molar-refractivity contribution in [1.82, 2.24) is 4.98 Å². The molecule has 2 aliphatic rings. The average molecular weight is 531 g/mol. The minimum Gasteiger partial charge on any atom is -0.496 e. The van der Waals surface area contributed by atoms with Crippen molar-refractivity contribution < 1.29 is 9.53 Å². The van der Waals surface area contributed by atoms with Gasteiger partial charge in [0.1, 0.15) is 11.6 Å². The van der Waals surface area contributed by atoms with E-state index in [1.165, 1.54) is 17.5 Å². The third-order valence-corrected chi connectivity index (χ3v) is 8.44. The van der Waals surface area contributed by atoms with Crippen LogP contribution in [0.5, 0.6) is 5.75 Å². The van der Waals surface area contributed by atoms with E-state index in [1.807, 2.05) is 37.1 Å². The summed E-state index contributed by atoms with van der Waals surface area (Å²) < 4.78 is 5.46. The number of rotatable bonds is 9. The fourth-order valence-corrected chi connectivity index (χ4v) is 6.15. The number of amides is 1. The molecule has 1 aromatic heterocycles. The van der Waals surface area contributed by atoms with E-state index in [9.17, 15) is 4.79 Å². The van der Waals surface area contributed by atoms with Crippen molar-refractivity contribution >= 4 is 23.5 Å². The average Bonchev–Trinajstić information content (AvgIpc) is 2.96. The molecule has 39 heavy (non-hydrogen) atoms. The van der Waals surface area contributed by atoms with Crippen LogP contribution in [0.15, 0.2) is 47.7 Å². The normalized spacial score (nSPS) is 20.9. The molecule has 2 aliphatic carbocycles. The van der Waals surface area contributed by atoms with E-state index in [-0.39, 0.29) is 17.9 Å².